The van der Waals surface area contributed by atoms with E-state index in [4.69, 9.17) is 27.4 Å². The topological polar surface area (TPSA) is 60.3 Å². The molecule has 0 aliphatic rings. The van der Waals surface area contributed by atoms with Crippen molar-refractivity contribution in [2.75, 3.05) is 20.0 Å². The summed E-state index contributed by atoms with van der Waals surface area (Å²) in [5.74, 6) is 1.35. The molecule has 0 aliphatic carbocycles. The van der Waals surface area contributed by atoms with Gasteiger partial charge in [-0.25, -0.2) is 0 Å². The molecule has 2 rings (SSSR count). The smallest absolute Gasteiger partial charge is 0.161 e. The van der Waals surface area contributed by atoms with Crippen LogP contribution in [0.25, 0.3) is 11.3 Å². The number of anilines is 1. The molecule has 1 heterocycles. The second kappa shape index (κ2) is 4.77. The summed E-state index contributed by atoms with van der Waals surface area (Å²) < 4.78 is 11.1. The Kier molecular flexibility index (Phi) is 3.35. The Balaban J connectivity index is 2.53. The molecule has 6 heteroatoms. The van der Waals surface area contributed by atoms with Crippen molar-refractivity contribution in [1.82, 2.24) is 4.98 Å². The maximum Gasteiger partial charge on any atom is 0.161 e. The van der Waals surface area contributed by atoms with Gasteiger partial charge in [-0.1, -0.05) is 11.3 Å². The Bertz CT molecular complexity index is 589. The standard InChI is InChI=1S/C11H12N2O2S2/c1-14-7-4-3-6(5-8(7)15-2)9-10(12)17-11(16)13-9/h3-5H,12H2,1-2H3,(H,13,16). The van der Waals surface area contributed by atoms with Crippen LogP contribution in [0.5, 0.6) is 11.5 Å². The summed E-state index contributed by atoms with van der Waals surface area (Å²) in [6, 6.07) is 5.61. The summed E-state index contributed by atoms with van der Waals surface area (Å²) in [7, 11) is 3.20. The second-order valence-corrected chi connectivity index (χ2v) is 5.04. The summed E-state index contributed by atoms with van der Waals surface area (Å²) in [4.78, 5) is 3.06. The van der Waals surface area contributed by atoms with E-state index in [-0.39, 0.29) is 0 Å². The number of rotatable bonds is 3. The molecule has 0 unspecified atom stereocenters. The lowest BCUT2D eigenvalue weighted by atomic mass is 10.1. The first-order valence-electron chi connectivity index (χ1n) is 4.86. The van der Waals surface area contributed by atoms with Crippen molar-refractivity contribution in [3.05, 3.63) is 22.2 Å². The van der Waals surface area contributed by atoms with Gasteiger partial charge < -0.3 is 20.2 Å². The van der Waals surface area contributed by atoms with E-state index < -0.39 is 0 Å². The number of methoxy groups -OCH3 is 2. The number of ether oxygens (including phenoxy) is 2. The first-order valence-corrected chi connectivity index (χ1v) is 6.09. The number of hydrogen-bond donors (Lipinski definition) is 2. The van der Waals surface area contributed by atoms with Crippen LogP contribution >= 0.6 is 23.6 Å². The van der Waals surface area contributed by atoms with Gasteiger partial charge in [-0.2, -0.15) is 0 Å². The summed E-state index contributed by atoms with van der Waals surface area (Å²) >= 11 is 6.41. The number of hydrogen-bond acceptors (Lipinski definition) is 5. The lowest BCUT2D eigenvalue weighted by Gasteiger charge is -2.09. The minimum absolute atomic E-state index is 0.660. The molecule has 4 nitrogen and oxygen atoms in total. The Morgan fingerprint density at radius 3 is 2.47 bits per heavy atom. The zero-order chi connectivity index (χ0) is 12.4. The first-order chi connectivity index (χ1) is 8.15. The van der Waals surface area contributed by atoms with E-state index in [1.54, 1.807) is 14.2 Å². The number of benzene rings is 1. The molecule has 0 aliphatic heterocycles. The fraction of sp³-hybridized carbons (Fsp3) is 0.182. The molecular formula is C11H12N2O2S2. The third kappa shape index (κ3) is 2.27. The van der Waals surface area contributed by atoms with E-state index in [9.17, 15) is 0 Å². The molecule has 17 heavy (non-hydrogen) atoms. The molecule has 3 N–H and O–H groups in total. The average molecular weight is 268 g/mol. The predicted octanol–water partition coefficient (Wildman–Crippen LogP) is 3.07. The number of thiazole rings is 1. The van der Waals surface area contributed by atoms with Crippen molar-refractivity contribution in [2.45, 2.75) is 0 Å². The minimum Gasteiger partial charge on any atom is -0.493 e. The van der Waals surface area contributed by atoms with Crippen LogP contribution in [0.1, 0.15) is 0 Å². The van der Waals surface area contributed by atoms with Gasteiger partial charge in [0, 0.05) is 5.56 Å². The number of nitrogen functional groups attached to an aromatic ring is 1. The van der Waals surface area contributed by atoms with Crippen LogP contribution in [-0.2, 0) is 0 Å². The molecule has 0 fully saturated rings. The van der Waals surface area contributed by atoms with Crippen molar-refractivity contribution in [1.29, 1.82) is 0 Å². The normalized spacial score (nSPS) is 10.2. The molecule has 1 aromatic heterocycles. The predicted molar refractivity (Wildman–Crippen MR) is 72.5 cm³/mol. The molecular weight excluding hydrogens is 256 g/mol. The molecule has 0 bridgehead atoms. The lowest BCUT2D eigenvalue weighted by Crippen LogP contribution is -1.92. The summed E-state index contributed by atoms with van der Waals surface area (Å²) in [5.41, 5.74) is 7.63. The number of aromatic amines is 1. The van der Waals surface area contributed by atoms with Gasteiger partial charge in [0.15, 0.2) is 15.5 Å². The maximum absolute atomic E-state index is 5.88. The number of nitrogens with two attached hydrogens (primary N) is 1. The molecule has 0 radical (unpaired) electrons. The number of aromatic nitrogens is 1. The van der Waals surface area contributed by atoms with Crippen molar-refractivity contribution >= 4 is 28.6 Å². The Morgan fingerprint density at radius 2 is 1.94 bits per heavy atom. The molecule has 2 aromatic rings. The van der Waals surface area contributed by atoms with Gasteiger partial charge >= 0.3 is 0 Å². The summed E-state index contributed by atoms with van der Waals surface area (Å²) in [6.07, 6.45) is 0. The van der Waals surface area contributed by atoms with Crippen LogP contribution in [0.3, 0.4) is 0 Å². The van der Waals surface area contributed by atoms with Gasteiger partial charge in [0.2, 0.25) is 0 Å². The van der Waals surface area contributed by atoms with E-state index in [1.165, 1.54) is 11.3 Å². The zero-order valence-electron chi connectivity index (χ0n) is 9.44. The van der Waals surface area contributed by atoms with E-state index in [2.05, 4.69) is 4.98 Å². The van der Waals surface area contributed by atoms with Crippen LogP contribution in [0.15, 0.2) is 18.2 Å². The van der Waals surface area contributed by atoms with Crippen molar-refractivity contribution in [2.24, 2.45) is 0 Å². The third-order valence-electron chi connectivity index (χ3n) is 2.35. The lowest BCUT2D eigenvalue weighted by molar-refractivity contribution is 0.355. The van der Waals surface area contributed by atoms with Crippen molar-refractivity contribution < 1.29 is 9.47 Å². The fourth-order valence-corrected chi connectivity index (χ4v) is 2.54. The highest BCUT2D eigenvalue weighted by Crippen LogP contribution is 2.35. The first kappa shape index (κ1) is 11.9. The van der Waals surface area contributed by atoms with Gasteiger partial charge in [-0.3, -0.25) is 0 Å². The van der Waals surface area contributed by atoms with Gasteiger partial charge in [-0.15, -0.1) is 0 Å². The number of H-pyrrole nitrogens is 1. The SMILES string of the molecule is COc1ccc(-c2[nH]c(=S)sc2N)cc1OC. The number of nitrogens with one attached hydrogen (secondary N) is 1. The molecule has 90 valence electrons. The van der Waals surface area contributed by atoms with Gasteiger partial charge in [-0.05, 0) is 30.4 Å². The average Bonchev–Trinajstić information content (AvgIpc) is 2.67. The van der Waals surface area contributed by atoms with Crippen LogP contribution in [-0.4, -0.2) is 19.2 Å². The quantitative estimate of drug-likeness (QED) is 0.840. The van der Waals surface area contributed by atoms with E-state index in [0.29, 0.717) is 20.5 Å². The molecule has 1 aromatic carbocycles. The highest BCUT2D eigenvalue weighted by molar-refractivity contribution is 7.73. The van der Waals surface area contributed by atoms with Crippen LogP contribution in [0.2, 0.25) is 0 Å². The van der Waals surface area contributed by atoms with Crippen molar-refractivity contribution in [3.8, 4) is 22.8 Å². The Morgan fingerprint density at radius 1 is 1.24 bits per heavy atom. The largest absolute Gasteiger partial charge is 0.493 e. The highest BCUT2D eigenvalue weighted by atomic mass is 32.1. The van der Waals surface area contributed by atoms with Crippen LogP contribution < -0.4 is 15.2 Å². The van der Waals surface area contributed by atoms with Gasteiger partial charge in [0.05, 0.1) is 19.9 Å². The van der Waals surface area contributed by atoms with Crippen LogP contribution in [0.4, 0.5) is 5.00 Å². The van der Waals surface area contributed by atoms with E-state index in [0.717, 1.165) is 11.3 Å². The Labute approximate surface area is 108 Å². The van der Waals surface area contributed by atoms with Crippen LogP contribution in [0, 0.1) is 3.95 Å². The molecule has 0 spiro atoms. The summed E-state index contributed by atoms with van der Waals surface area (Å²) in [6.45, 7) is 0. The minimum atomic E-state index is 0.660. The van der Waals surface area contributed by atoms with Gasteiger partial charge in [0.25, 0.3) is 0 Å². The van der Waals surface area contributed by atoms with E-state index >= 15 is 0 Å². The monoisotopic (exact) mass is 268 g/mol. The second-order valence-electron chi connectivity index (χ2n) is 3.32. The molecule has 0 saturated carbocycles. The third-order valence-corrected chi connectivity index (χ3v) is 3.41. The Hall–Kier alpha value is -1.53. The van der Waals surface area contributed by atoms with Gasteiger partial charge in [0.1, 0.15) is 5.00 Å². The molecule has 0 atom stereocenters. The zero-order valence-corrected chi connectivity index (χ0v) is 11.1. The molecule has 0 amide bonds. The van der Waals surface area contributed by atoms with E-state index in [1.807, 2.05) is 18.2 Å². The maximum atomic E-state index is 5.88. The fourth-order valence-electron chi connectivity index (χ4n) is 1.55. The molecule has 0 saturated heterocycles. The van der Waals surface area contributed by atoms with Crippen molar-refractivity contribution in [3.63, 3.8) is 0 Å². The highest BCUT2D eigenvalue weighted by Gasteiger charge is 2.10. The summed E-state index contributed by atoms with van der Waals surface area (Å²) in [5, 5.41) is 0.669.